The molecule has 1 atom stereocenters. The van der Waals surface area contributed by atoms with Crippen LogP contribution in [0.2, 0.25) is 0 Å². The van der Waals surface area contributed by atoms with E-state index in [9.17, 15) is 14.0 Å². The van der Waals surface area contributed by atoms with E-state index >= 15 is 0 Å². The number of halogens is 1. The Balaban J connectivity index is 1.36. The van der Waals surface area contributed by atoms with Crippen molar-refractivity contribution in [2.24, 2.45) is 11.8 Å². The molecule has 1 aliphatic heterocycles. The SMILES string of the molecule is CC(C)CNC(=O)c1csc(COc2ccc3c(c2)[C@H](c2ccc(F)cc2)N(C(=O)C2CCCC2)CC3)n1. The number of thiazole rings is 1. The molecule has 1 aliphatic carbocycles. The number of hydrogen-bond acceptors (Lipinski definition) is 5. The van der Waals surface area contributed by atoms with E-state index in [4.69, 9.17) is 4.74 Å². The number of nitrogens with one attached hydrogen (secondary N) is 1. The highest BCUT2D eigenvalue weighted by Gasteiger charge is 2.36. The van der Waals surface area contributed by atoms with Crippen molar-refractivity contribution >= 4 is 23.2 Å². The van der Waals surface area contributed by atoms with E-state index in [2.05, 4.69) is 16.4 Å². The molecule has 38 heavy (non-hydrogen) atoms. The third-order valence-electron chi connectivity index (χ3n) is 7.34. The minimum absolute atomic E-state index is 0.0655. The summed E-state index contributed by atoms with van der Waals surface area (Å²) in [5.74, 6) is 0.829. The molecule has 6 nitrogen and oxygen atoms in total. The van der Waals surface area contributed by atoms with E-state index in [1.807, 2.05) is 30.9 Å². The lowest BCUT2D eigenvalue weighted by atomic mass is 9.87. The molecular formula is C30H34FN3O3S. The molecule has 1 aromatic heterocycles. The molecule has 0 radical (unpaired) electrons. The molecule has 3 aromatic rings. The van der Waals surface area contributed by atoms with Crippen LogP contribution in [-0.2, 0) is 17.8 Å². The highest BCUT2D eigenvalue weighted by atomic mass is 32.1. The van der Waals surface area contributed by atoms with Crippen molar-refractivity contribution in [1.82, 2.24) is 15.2 Å². The maximum atomic E-state index is 13.8. The fourth-order valence-electron chi connectivity index (χ4n) is 5.35. The standard InChI is InChI=1S/C30H34FN3O3S/c1-19(2)16-32-29(35)26-18-38-27(33-26)17-37-24-12-9-20-13-14-34(30(36)22-5-3-4-6-22)28(25(20)15-24)21-7-10-23(31)11-8-21/h7-12,15,18-19,22,28H,3-6,13-14,16-17H2,1-2H3,(H,32,35)/t28-/m0/s1. The van der Waals surface area contributed by atoms with E-state index in [0.717, 1.165) is 43.2 Å². The van der Waals surface area contributed by atoms with Crippen LogP contribution in [0.3, 0.4) is 0 Å². The molecule has 8 heteroatoms. The quantitative estimate of drug-likeness (QED) is 0.389. The Bertz CT molecular complexity index is 1280. The highest BCUT2D eigenvalue weighted by molar-refractivity contribution is 7.09. The summed E-state index contributed by atoms with van der Waals surface area (Å²) >= 11 is 1.39. The van der Waals surface area contributed by atoms with Crippen molar-refractivity contribution in [3.63, 3.8) is 0 Å². The molecule has 0 bridgehead atoms. The van der Waals surface area contributed by atoms with Gasteiger partial charge in [-0.05, 0) is 66.1 Å². The molecule has 1 saturated carbocycles. The van der Waals surface area contributed by atoms with E-state index in [1.54, 1.807) is 17.5 Å². The van der Waals surface area contributed by atoms with Crippen molar-refractivity contribution < 1.29 is 18.7 Å². The predicted octanol–water partition coefficient (Wildman–Crippen LogP) is 5.91. The smallest absolute Gasteiger partial charge is 0.270 e. The molecule has 0 spiro atoms. The van der Waals surface area contributed by atoms with Gasteiger partial charge in [-0.25, -0.2) is 9.37 Å². The molecule has 2 amide bonds. The van der Waals surface area contributed by atoms with Gasteiger partial charge in [0.1, 0.15) is 28.9 Å². The Morgan fingerprint density at radius 3 is 2.66 bits per heavy atom. The van der Waals surface area contributed by atoms with Gasteiger partial charge >= 0.3 is 0 Å². The normalized spacial score (nSPS) is 17.5. The number of aromatic nitrogens is 1. The first-order valence-corrected chi connectivity index (χ1v) is 14.3. The van der Waals surface area contributed by atoms with Crippen LogP contribution >= 0.6 is 11.3 Å². The van der Waals surface area contributed by atoms with E-state index in [1.165, 1.54) is 29.0 Å². The van der Waals surface area contributed by atoms with Crippen molar-refractivity contribution in [2.45, 2.75) is 58.6 Å². The number of amides is 2. The summed E-state index contributed by atoms with van der Waals surface area (Å²) < 4.78 is 19.9. The van der Waals surface area contributed by atoms with Gasteiger partial charge in [0.25, 0.3) is 5.91 Å². The molecular weight excluding hydrogens is 501 g/mol. The largest absolute Gasteiger partial charge is 0.486 e. The van der Waals surface area contributed by atoms with Crippen LogP contribution in [0.25, 0.3) is 0 Å². The number of carbonyl (C=O) groups is 2. The number of ether oxygens (including phenoxy) is 1. The van der Waals surface area contributed by atoms with Crippen molar-refractivity contribution in [3.05, 3.63) is 81.1 Å². The predicted molar refractivity (Wildman–Crippen MR) is 146 cm³/mol. The second-order valence-electron chi connectivity index (χ2n) is 10.6. The van der Waals surface area contributed by atoms with Crippen LogP contribution < -0.4 is 10.1 Å². The Hall–Kier alpha value is -3.26. The van der Waals surface area contributed by atoms with Crippen LogP contribution in [0.1, 0.15) is 77.8 Å². The third-order valence-corrected chi connectivity index (χ3v) is 8.16. The lowest BCUT2D eigenvalue weighted by Crippen LogP contribution is -2.43. The van der Waals surface area contributed by atoms with Crippen molar-refractivity contribution in [1.29, 1.82) is 0 Å². The molecule has 2 heterocycles. The number of fused-ring (bicyclic) bond motifs is 1. The van der Waals surface area contributed by atoms with Gasteiger partial charge in [0.2, 0.25) is 5.91 Å². The molecule has 1 N–H and O–H groups in total. The average molecular weight is 536 g/mol. The van der Waals surface area contributed by atoms with Gasteiger partial charge in [0.05, 0.1) is 6.04 Å². The Labute approximate surface area is 227 Å². The van der Waals surface area contributed by atoms with Crippen LogP contribution in [0.4, 0.5) is 4.39 Å². The van der Waals surface area contributed by atoms with Crippen molar-refractivity contribution in [2.75, 3.05) is 13.1 Å². The number of carbonyl (C=O) groups excluding carboxylic acids is 2. The number of benzene rings is 2. The zero-order valence-corrected chi connectivity index (χ0v) is 22.7. The average Bonchev–Trinajstić information content (AvgIpc) is 3.63. The van der Waals surface area contributed by atoms with Gasteiger partial charge in [-0.1, -0.05) is 44.9 Å². The summed E-state index contributed by atoms with van der Waals surface area (Å²) in [6.07, 6.45) is 4.84. The lowest BCUT2D eigenvalue weighted by molar-refractivity contribution is -0.137. The minimum Gasteiger partial charge on any atom is -0.486 e. The van der Waals surface area contributed by atoms with Gasteiger partial charge < -0.3 is 15.0 Å². The van der Waals surface area contributed by atoms with E-state index < -0.39 is 0 Å². The molecule has 2 aromatic carbocycles. The summed E-state index contributed by atoms with van der Waals surface area (Å²) in [4.78, 5) is 32.3. The Morgan fingerprint density at radius 1 is 1.16 bits per heavy atom. The van der Waals surface area contributed by atoms with Crippen molar-refractivity contribution in [3.8, 4) is 5.75 Å². The molecule has 0 unspecified atom stereocenters. The highest BCUT2D eigenvalue weighted by Crippen LogP contribution is 2.40. The molecule has 2 aliphatic rings. The van der Waals surface area contributed by atoms with E-state index in [-0.39, 0.29) is 36.2 Å². The zero-order valence-electron chi connectivity index (χ0n) is 21.9. The van der Waals surface area contributed by atoms with Gasteiger partial charge in [-0.2, -0.15) is 0 Å². The third kappa shape index (κ3) is 5.90. The summed E-state index contributed by atoms with van der Waals surface area (Å²) in [6, 6.07) is 12.2. The monoisotopic (exact) mass is 535 g/mol. The van der Waals surface area contributed by atoms with Gasteiger partial charge in [0.15, 0.2) is 0 Å². The number of rotatable bonds is 8. The topological polar surface area (TPSA) is 71.5 Å². The zero-order chi connectivity index (χ0) is 26.6. The second-order valence-corrected chi connectivity index (χ2v) is 11.5. The molecule has 0 saturated heterocycles. The van der Waals surface area contributed by atoms with Crippen LogP contribution in [-0.4, -0.2) is 34.8 Å². The Morgan fingerprint density at radius 2 is 1.92 bits per heavy atom. The van der Waals surface area contributed by atoms with Crippen LogP contribution in [0.15, 0.2) is 47.8 Å². The van der Waals surface area contributed by atoms with Gasteiger partial charge in [-0.3, -0.25) is 9.59 Å². The van der Waals surface area contributed by atoms with Crippen LogP contribution in [0.5, 0.6) is 5.75 Å². The summed E-state index contributed by atoms with van der Waals surface area (Å²) in [6.45, 7) is 5.58. The fraction of sp³-hybridized carbons (Fsp3) is 0.433. The summed E-state index contributed by atoms with van der Waals surface area (Å²) in [5, 5.41) is 5.35. The lowest BCUT2D eigenvalue weighted by Gasteiger charge is -2.39. The number of nitrogens with zero attached hydrogens (tertiary/aromatic N) is 2. The first kappa shape index (κ1) is 26.4. The van der Waals surface area contributed by atoms with Gasteiger partial charge in [0, 0.05) is 24.4 Å². The maximum absolute atomic E-state index is 13.8. The fourth-order valence-corrected chi connectivity index (χ4v) is 6.03. The van der Waals surface area contributed by atoms with Gasteiger partial charge in [-0.15, -0.1) is 11.3 Å². The maximum Gasteiger partial charge on any atom is 0.270 e. The first-order valence-electron chi connectivity index (χ1n) is 13.4. The van der Waals surface area contributed by atoms with E-state index in [0.29, 0.717) is 35.5 Å². The summed E-state index contributed by atoms with van der Waals surface area (Å²) in [5.41, 5.74) is 3.48. The van der Waals surface area contributed by atoms with Crippen LogP contribution in [0, 0.1) is 17.7 Å². The Kier molecular flexibility index (Phi) is 8.07. The molecule has 5 rings (SSSR count). The first-order chi connectivity index (χ1) is 18.4. The number of hydrogen-bond donors (Lipinski definition) is 1. The molecule has 1 fully saturated rings. The molecule has 200 valence electrons. The second kappa shape index (κ2) is 11.6. The minimum atomic E-state index is -0.295. The summed E-state index contributed by atoms with van der Waals surface area (Å²) in [7, 11) is 0.